The lowest BCUT2D eigenvalue weighted by Gasteiger charge is -2.16. The predicted molar refractivity (Wildman–Crippen MR) is 80.8 cm³/mol. The Labute approximate surface area is 132 Å². The summed E-state index contributed by atoms with van der Waals surface area (Å²) in [5, 5.41) is 11.8. The van der Waals surface area contributed by atoms with Crippen LogP contribution in [0.25, 0.3) is 0 Å². The molecule has 1 unspecified atom stereocenters. The monoisotopic (exact) mass is 321 g/mol. The number of carbonyl (C=O) groups is 1. The lowest BCUT2D eigenvalue weighted by Crippen LogP contribution is -2.30. The number of aliphatic hydroxyl groups is 1. The summed E-state index contributed by atoms with van der Waals surface area (Å²) in [5.74, 6) is -2.14. The minimum Gasteiger partial charge on any atom is -0.445 e. The van der Waals surface area contributed by atoms with E-state index in [9.17, 15) is 18.7 Å². The summed E-state index contributed by atoms with van der Waals surface area (Å²) >= 11 is 0. The van der Waals surface area contributed by atoms with E-state index in [-0.39, 0.29) is 25.3 Å². The Kier molecular flexibility index (Phi) is 6.05. The van der Waals surface area contributed by atoms with Crippen molar-refractivity contribution in [3.8, 4) is 0 Å². The highest BCUT2D eigenvalue weighted by atomic mass is 19.1. The molecule has 2 aromatic rings. The summed E-state index contributed by atoms with van der Waals surface area (Å²) in [5.41, 5.74) is 0.975. The normalized spacial score (nSPS) is 11.8. The molecule has 0 fully saturated rings. The van der Waals surface area contributed by atoms with Crippen molar-refractivity contribution in [1.82, 2.24) is 5.32 Å². The molecule has 122 valence electrons. The third-order valence-electron chi connectivity index (χ3n) is 3.33. The number of carbonyl (C=O) groups excluding carboxylic acids is 1. The Balaban J connectivity index is 1.86. The van der Waals surface area contributed by atoms with Gasteiger partial charge in [0.2, 0.25) is 0 Å². The number of rotatable bonds is 6. The molecule has 4 nitrogen and oxygen atoms in total. The number of aliphatic hydroxyl groups excluding tert-OH is 1. The second-order valence-corrected chi connectivity index (χ2v) is 4.99. The van der Waals surface area contributed by atoms with Gasteiger partial charge in [-0.1, -0.05) is 36.4 Å². The molecule has 1 amide bonds. The van der Waals surface area contributed by atoms with Gasteiger partial charge in [0.25, 0.3) is 0 Å². The van der Waals surface area contributed by atoms with Crippen molar-refractivity contribution >= 4 is 6.09 Å². The Morgan fingerprint density at radius 3 is 2.57 bits per heavy atom. The van der Waals surface area contributed by atoms with Crippen molar-refractivity contribution in [1.29, 1.82) is 0 Å². The topological polar surface area (TPSA) is 58.6 Å². The van der Waals surface area contributed by atoms with Gasteiger partial charge in [0.1, 0.15) is 18.2 Å². The van der Waals surface area contributed by atoms with Gasteiger partial charge >= 0.3 is 6.09 Å². The molecule has 6 heteroatoms. The lowest BCUT2D eigenvalue weighted by atomic mass is 9.99. The minimum atomic E-state index is -0.761. The molecule has 2 N–H and O–H groups in total. The van der Waals surface area contributed by atoms with Crippen LogP contribution in [0.15, 0.2) is 48.5 Å². The van der Waals surface area contributed by atoms with E-state index in [0.29, 0.717) is 0 Å². The summed E-state index contributed by atoms with van der Waals surface area (Å²) in [7, 11) is 0. The van der Waals surface area contributed by atoms with Crippen molar-refractivity contribution in [2.45, 2.75) is 12.5 Å². The molecular weight excluding hydrogens is 304 g/mol. The first kappa shape index (κ1) is 16.9. The lowest BCUT2D eigenvalue weighted by molar-refractivity contribution is 0.137. The summed E-state index contributed by atoms with van der Waals surface area (Å²) in [6.45, 7) is -0.296. The number of hydrogen-bond acceptors (Lipinski definition) is 3. The highest BCUT2D eigenvalue weighted by Gasteiger charge is 2.17. The van der Waals surface area contributed by atoms with Crippen LogP contribution in [0.3, 0.4) is 0 Å². The standard InChI is InChI=1S/C17H17F2NO3/c18-14-6-7-15(16(19)8-14)13(10-21)9-20-17(22)23-11-12-4-2-1-3-5-12/h1-8,13,21H,9-11H2,(H,20,22). The molecule has 1 atom stereocenters. The Hall–Kier alpha value is -2.47. The molecule has 0 aliphatic heterocycles. The van der Waals surface area contributed by atoms with Crippen LogP contribution in [-0.4, -0.2) is 24.4 Å². The maximum absolute atomic E-state index is 13.7. The third-order valence-corrected chi connectivity index (χ3v) is 3.33. The molecule has 0 radical (unpaired) electrons. The van der Waals surface area contributed by atoms with E-state index in [1.165, 1.54) is 6.07 Å². The van der Waals surface area contributed by atoms with Crippen LogP contribution < -0.4 is 5.32 Å². The average Bonchev–Trinajstić information content (AvgIpc) is 2.56. The molecule has 0 bridgehead atoms. The maximum atomic E-state index is 13.7. The minimum absolute atomic E-state index is 0.0212. The van der Waals surface area contributed by atoms with E-state index < -0.39 is 23.6 Å². The van der Waals surface area contributed by atoms with E-state index >= 15 is 0 Å². The number of benzene rings is 2. The van der Waals surface area contributed by atoms with Crippen LogP contribution in [0, 0.1) is 11.6 Å². The molecule has 0 aliphatic rings. The van der Waals surface area contributed by atoms with E-state index in [0.717, 1.165) is 17.7 Å². The van der Waals surface area contributed by atoms with Gasteiger partial charge in [-0.25, -0.2) is 13.6 Å². The first-order valence-corrected chi connectivity index (χ1v) is 7.10. The highest BCUT2D eigenvalue weighted by molar-refractivity contribution is 5.67. The molecule has 2 aromatic carbocycles. The van der Waals surface area contributed by atoms with Crippen LogP contribution in [0.1, 0.15) is 17.0 Å². The van der Waals surface area contributed by atoms with Gasteiger partial charge in [-0.3, -0.25) is 0 Å². The van der Waals surface area contributed by atoms with E-state index in [1.807, 2.05) is 30.3 Å². The van der Waals surface area contributed by atoms with Gasteiger partial charge in [-0.2, -0.15) is 0 Å². The van der Waals surface area contributed by atoms with Crippen LogP contribution in [0.2, 0.25) is 0 Å². The average molecular weight is 321 g/mol. The van der Waals surface area contributed by atoms with Crippen molar-refractivity contribution in [3.63, 3.8) is 0 Å². The van der Waals surface area contributed by atoms with Gasteiger partial charge in [0, 0.05) is 18.5 Å². The SMILES string of the molecule is O=C(NCC(CO)c1ccc(F)cc1F)OCc1ccccc1. The molecule has 0 aromatic heterocycles. The van der Waals surface area contributed by atoms with Gasteiger partial charge in [-0.05, 0) is 17.2 Å². The molecule has 0 saturated carbocycles. The fourth-order valence-electron chi connectivity index (χ4n) is 2.09. The molecule has 2 rings (SSSR count). The van der Waals surface area contributed by atoms with Gasteiger partial charge in [0.05, 0.1) is 6.61 Å². The number of halogens is 2. The predicted octanol–water partition coefficient (Wildman–Crippen LogP) is 2.97. The van der Waals surface area contributed by atoms with E-state index in [2.05, 4.69) is 5.32 Å². The molecule has 0 heterocycles. The molecule has 0 spiro atoms. The summed E-state index contributed by atoms with van der Waals surface area (Å²) in [4.78, 5) is 11.6. The molecular formula is C17H17F2NO3. The quantitative estimate of drug-likeness (QED) is 0.860. The van der Waals surface area contributed by atoms with Crippen LogP contribution in [-0.2, 0) is 11.3 Å². The first-order chi connectivity index (χ1) is 11.1. The number of alkyl carbamates (subject to hydrolysis) is 1. The molecule has 23 heavy (non-hydrogen) atoms. The van der Waals surface area contributed by atoms with Crippen molar-refractivity contribution in [2.75, 3.05) is 13.2 Å². The zero-order valence-electron chi connectivity index (χ0n) is 12.3. The fourth-order valence-corrected chi connectivity index (χ4v) is 2.09. The fraction of sp³-hybridized carbons (Fsp3) is 0.235. The van der Waals surface area contributed by atoms with Crippen molar-refractivity contribution < 1.29 is 23.4 Å². The molecule has 0 aliphatic carbocycles. The Morgan fingerprint density at radius 2 is 1.91 bits per heavy atom. The largest absolute Gasteiger partial charge is 0.445 e. The first-order valence-electron chi connectivity index (χ1n) is 7.10. The van der Waals surface area contributed by atoms with Gasteiger partial charge in [-0.15, -0.1) is 0 Å². The van der Waals surface area contributed by atoms with E-state index in [1.54, 1.807) is 0 Å². The van der Waals surface area contributed by atoms with E-state index in [4.69, 9.17) is 4.74 Å². The zero-order valence-corrected chi connectivity index (χ0v) is 12.3. The van der Waals surface area contributed by atoms with Crippen LogP contribution in [0.4, 0.5) is 13.6 Å². The summed E-state index contributed by atoms with van der Waals surface area (Å²) < 4.78 is 31.6. The van der Waals surface area contributed by atoms with Gasteiger partial charge < -0.3 is 15.2 Å². The molecule has 0 saturated heterocycles. The number of hydrogen-bond donors (Lipinski definition) is 2. The Bertz CT molecular complexity index is 650. The number of amides is 1. The smallest absolute Gasteiger partial charge is 0.407 e. The summed E-state index contributed by atoms with van der Waals surface area (Å²) in [6, 6.07) is 12.2. The van der Waals surface area contributed by atoms with Crippen molar-refractivity contribution in [2.24, 2.45) is 0 Å². The van der Waals surface area contributed by atoms with Gasteiger partial charge in [0.15, 0.2) is 0 Å². The second-order valence-electron chi connectivity index (χ2n) is 4.99. The van der Waals surface area contributed by atoms with Crippen molar-refractivity contribution in [3.05, 3.63) is 71.3 Å². The summed E-state index contributed by atoms with van der Waals surface area (Å²) in [6.07, 6.45) is -0.671. The number of ether oxygens (including phenoxy) is 1. The zero-order chi connectivity index (χ0) is 16.7. The Morgan fingerprint density at radius 1 is 1.17 bits per heavy atom. The highest BCUT2D eigenvalue weighted by Crippen LogP contribution is 2.19. The maximum Gasteiger partial charge on any atom is 0.407 e. The van der Waals surface area contributed by atoms with Crippen LogP contribution in [0.5, 0.6) is 0 Å². The van der Waals surface area contributed by atoms with Crippen LogP contribution >= 0.6 is 0 Å². The number of nitrogens with one attached hydrogen (secondary N) is 1. The third kappa shape index (κ3) is 5.03. The second kappa shape index (κ2) is 8.24.